The van der Waals surface area contributed by atoms with Gasteiger partial charge in [-0.2, -0.15) is 0 Å². The molecule has 0 radical (unpaired) electrons. The molecule has 190 valence electrons. The Bertz CT molecular complexity index is 1190. The predicted octanol–water partition coefficient (Wildman–Crippen LogP) is 6.51. The third-order valence-corrected chi connectivity index (χ3v) is 8.25. The van der Waals surface area contributed by atoms with E-state index in [1.54, 1.807) is 22.3 Å². The van der Waals surface area contributed by atoms with Crippen LogP contribution in [0.5, 0.6) is 5.75 Å². The molecule has 1 aliphatic heterocycles. The minimum atomic E-state index is -0.180. The number of fused-ring (bicyclic) bond motifs is 1. The van der Waals surface area contributed by atoms with E-state index in [0.29, 0.717) is 31.2 Å². The number of thiophene rings is 1. The minimum absolute atomic E-state index is 0.0454. The van der Waals surface area contributed by atoms with Gasteiger partial charge in [-0.05, 0) is 66.6 Å². The van der Waals surface area contributed by atoms with Crippen molar-refractivity contribution in [3.63, 3.8) is 0 Å². The summed E-state index contributed by atoms with van der Waals surface area (Å²) in [5, 5.41) is 2.09. The predicted molar refractivity (Wildman–Crippen MR) is 149 cm³/mol. The van der Waals surface area contributed by atoms with E-state index in [2.05, 4.69) is 41.2 Å². The van der Waals surface area contributed by atoms with Gasteiger partial charge in [-0.1, -0.05) is 60.0 Å². The zero-order valence-corrected chi connectivity index (χ0v) is 23.5. The van der Waals surface area contributed by atoms with Gasteiger partial charge >= 0.3 is 0 Å². The number of amides is 2. The Morgan fingerprint density at radius 2 is 1.97 bits per heavy atom. The van der Waals surface area contributed by atoms with E-state index in [1.807, 2.05) is 54.3 Å². The average molecular weight is 570 g/mol. The van der Waals surface area contributed by atoms with E-state index < -0.39 is 0 Å². The molecule has 1 aromatic heterocycles. The van der Waals surface area contributed by atoms with Crippen molar-refractivity contribution in [1.82, 2.24) is 9.80 Å². The molecule has 2 unspecified atom stereocenters. The summed E-state index contributed by atoms with van der Waals surface area (Å²) in [5.41, 5.74) is 2.91. The Labute approximate surface area is 226 Å². The zero-order valence-electron chi connectivity index (χ0n) is 21.1. The van der Waals surface area contributed by atoms with Gasteiger partial charge in [0.25, 0.3) is 5.91 Å². The Kier molecular flexibility index (Phi) is 8.86. The van der Waals surface area contributed by atoms with Crippen molar-refractivity contribution >= 4 is 39.1 Å². The highest BCUT2D eigenvalue weighted by Crippen LogP contribution is 2.34. The van der Waals surface area contributed by atoms with E-state index in [1.165, 1.54) is 10.4 Å². The summed E-state index contributed by atoms with van der Waals surface area (Å²) in [4.78, 5) is 32.1. The van der Waals surface area contributed by atoms with E-state index in [9.17, 15) is 9.59 Å². The largest absolute Gasteiger partial charge is 0.491 e. The topological polar surface area (TPSA) is 49.9 Å². The molecule has 4 rings (SSSR count). The van der Waals surface area contributed by atoms with Crippen molar-refractivity contribution in [2.45, 2.75) is 39.7 Å². The summed E-state index contributed by atoms with van der Waals surface area (Å²) in [6.45, 7) is 7.85. The first-order chi connectivity index (χ1) is 17.4. The Hall–Kier alpha value is -2.64. The normalized spacial score (nSPS) is 15.8. The van der Waals surface area contributed by atoms with Gasteiger partial charge in [0.1, 0.15) is 18.9 Å². The van der Waals surface area contributed by atoms with Crippen LogP contribution < -0.4 is 4.74 Å². The number of rotatable bonds is 9. The van der Waals surface area contributed by atoms with Crippen LogP contribution in [0.2, 0.25) is 0 Å². The molecule has 0 fully saturated rings. The van der Waals surface area contributed by atoms with Gasteiger partial charge in [0.15, 0.2) is 0 Å². The van der Waals surface area contributed by atoms with Crippen LogP contribution in [0.3, 0.4) is 0 Å². The monoisotopic (exact) mass is 568 g/mol. The molecule has 0 spiro atoms. The number of nitrogens with zero attached hydrogens (tertiary/aromatic N) is 2. The van der Waals surface area contributed by atoms with Crippen molar-refractivity contribution in [3.8, 4) is 5.75 Å². The van der Waals surface area contributed by atoms with Crippen LogP contribution >= 0.6 is 27.3 Å². The number of hydrogen-bond donors (Lipinski definition) is 0. The fourth-order valence-corrected chi connectivity index (χ4v) is 5.79. The highest BCUT2D eigenvalue weighted by atomic mass is 79.9. The van der Waals surface area contributed by atoms with Crippen LogP contribution in [-0.4, -0.2) is 47.9 Å². The molecule has 3 aromatic rings. The number of halogens is 1. The van der Waals surface area contributed by atoms with Gasteiger partial charge < -0.3 is 14.5 Å². The lowest BCUT2D eigenvalue weighted by molar-refractivity contribution is -0.135. The maximum Gasteiger partial charge on any atom is 0.254 e. The Balaban J connectivity index is 1.54. The number of benzene rings is 2. The van der Waals surface area contributed by atoms with E-state index in [-0.39, 0.29) is 24.4 Å². The molecule has 0 saturated heterocycles. The molecule has 0 N–H and O–H groups in total. The molecule has 1 aliphatic rings. The standard InChI is InChI=1S/C29H33BrN2O3S/c1-4-20(2)17-31(29(34)22-6-5-7-23(30)16-22)18-28(33)32-14-12-27-25(13-15-36-27)26(32)19-35-24-10-8-21(3)9-11-24/h5-11,13,15-16,20,26H,4,12,14,17-19H2,1-3H3. The maximum absolute atomic E-state index is 13.7. The first-order valence-electron chi connectivity index (χ1n) is 12.5. The van der Waals surface area contributed by atoms with Crippen molar-refractivity contribution in [3.05, 3.63) is 86.0 Å². The third kappa shape index (κ3) is 6.37. The third-order valence-electron chi connectivity index (χ3n) is 6.76. The minimum Gasteiger partial charge on any atom is -0.491 e. The molecule has 2 heterocycles. The first-order valence-corrected chi connectivity index (χ1v) is 14.1. The maximum atomic E-state index is 13.7. The molecular formula is C29H33BrN2O3S. The molecule has 0 aliphatic carbocycles. The molecule has 0 saturated carbocycles. The van der Waals surface area contributed by atoms with E-state index >= 15 is 0 Å². The summed E-state index contributed by atoms with van der Waals surface area (Å²) in [6, 6.07) is 17.3. The van der Waals surface area contributed by atoms with Crippen LogP contribution in [0.1, 0.15) is 52.7 Å². The molecule has 0 bridgehead atoms. The number of ether oxygens (including phenoxy) is 1. The van der Waals surface area contributed by atoms with Gasteiger partial charge in [-0.25, -0.2) is 0 Å². The van der Waals surface area contributed by atoms with Gasteiger partial charge in [0, 0.05) is 28.0 Å². The van der Waals surface area contributed by atoms with Gasteiger partial charge in [0.05, 0.1) is 6.04 Å². The SMILES string of the molecule is CCC(C)CN(CC(=O)N1CCc2sccc2C1COc1ccc(C)cc1)C(=O)c1cccc(Br)c1. The van der Waals surface area contributed by atoms with Crippen molar-refractivity contribution in [2.24, 2.45) is 5.92 Å². The van der Waals surface area contributed by atoms with Crippen LogP contribution in [-0.2, 0) is 11.2 Å². The van der Waals surface area contributed by atoms with Crippen molar-refractivity contribution < 1.29 is 14.3 Å². The highest BCUT2D eigenvalue weighted by molar-refractivity contribution is 9.10. The second-order valence-corrected chi connectivity index (χ2v) is 11.4. The Morgan fingerprint density at radius 3 is 2.69 bits per heavy atom. The second kappa shape index (κ2) is 12.1. The quantitative estimate of drug-likeness (QED) is 0.295. The van der Waals surface area contributed by atoms with Crippen molar-refractivity contribution in [2.75, 3.05) is 26.2 Å². The highest BCUT2D eigenvalue weighted by Gasteiger charge is 2.34. The lowest BCUT2D eigenvalue weighted by Crippen LogP contribution is -2.48. The molecule has 2 aromatic carbocycles. The summed E-state index contributed by atoms with van der Waals surface area (Å²) < 4.78 is 6.99. The van der Waals surface area contributed by atoms with Crippen LogP contribution in [0, 0.1) is 12.8 Å². The van der Waals surface area contributed by atoms with E-state index in [4.69, 9.17) is 4.74 Å². The first kappa shape index (κ1) is 26.4. The lowest BCUT2D eigenvalue weighted by Gasteiger charge is -2.37. The molecule has 5 nitrogen and oxygen atoms in total. The van der Waals surface area contributed by atoms with Crippen molar-refractivity contribution in [1.29, 1.82) is 0 Å². The molecule has 2 atom stereocenters. The number of carbonyl (C=O) groups is 2. The molecular weight excluding hydrogens is 536 g/mol. The lowest BCUT2D eigenvalue weighted by atomic mass is 10.00. The number of hydrogen-bond acceptors (Lipinski definition) is 4. The molecule has 2 amide bonds. The summed E-state index contributed by atoms with van der Waals surface area (Å²) >= 11 is 5.19. The Morgan fingerprint density at radius 1 is 1.19 bits per heavy atom. The van der Waals surface area contributed by atoms with Crippen LogP contribution in [0.15, 0.2) is 64.5 Å². The average Bonchev–Trinajstić information content (AvgIpc) is 3.36. The number of aryl methyl sites for hydroxylation is 1. The van der Waals surface area contributed by atoms with Gasteiger partial charge in [-0.15, -0.1) is 11.3 Å². The fourth-order valence-electron chi connectivity index (χ4n) is 4.47. The smallest absolute Gasteiger partial charge is 0.254 e. The van der Waals surface area contributed by atoms with Crippen LogP contribution in [0.25, 0.3) is 0 Å². The summed E-state index contributed by atoms with van der Waals surface area (Å²) in [5.74, 6) is 0.916. The van der Waals surface area contributed by atoms with E-state index in [0.717, 1.165) is 28.6 Å². The second-order valence-electron chi connectivity index (χ2n) is 9.49. The van der Waals surface area contributed by atoms with Crippen LogP contribution in [0.4, 0.5) is 0 Å². The summed E-state index contributed by atoms with van der Waals surface area (Å²) in [7, 11) is 0. The summed E-state index contributed by atoms with van der Waals surface area (Å²) in [6.07, 6.45) is 1.76. The fraction of sp³-hybridized carbons (Fsp3) is 0.379. The van der Waals surface area contributed by atoms with Gasteiger partial charge in [-0.3, -0.25) is 9.59 Å². The molecule has 7 heteroatoms. The van der Waals surface area contributed by atoms with Gasteiger partial charge in [0.2, 0.25) is 5.91 Å². The zero-order chi connectivity index (χ0) is 25.7. The number of carbonyl (C=O) groups excluding carboxylic acids is 2. The molecule has 36 heavy (non-hydrogen) atoms.